The van der Waals surface area contributed by atoms with Crippen molar-refractivity contribution in [3.05, 3.63) is 58.9 Å². The zero-order valence-electron chi connectivity index (χ0n) is 12.4. The number of fused-ring (bicyclic) bond motifs is 1. The van der Waals surface area contributed by atoms with Gasteiger partial charge in [-0.1, -0.05) is 0 Å². The fourth-order valence-electron chi connectivity index (χ4n) is 2.46. The van der Waals surface area contributed by atoms with Crippen LogP contribution in [-0.4, -0.2) is 14.5 Å². The molecule has 3 aromatic rings. The van der Waals surface area contributed by atoms with Gasteiger partial charge in [0.2, 0.25) is 0 Å². The van der Waals surface area contributed by atoms with Crippen LogP contribution in [-0.2, 0) is 7.05 Å². The molecule has 0 fully saturated rings. The van der Waals surface area contributed by atoms with Gasteiger partial charge in [-0.25, -0.2) is 9.97 Å². The quantitative estimate of drug-likeness (QED) is 0.723. The molecular weight excluding hydrogens is 278 g/mol. The van der Waals surface area contributed by atoms with Gasteiger partial charge in [-0.3, -0.25) is 4.79 Å². The summed E-state index contributed by atoms with van der Waals surface area (Å²) in [5.41, 5.74) is 8.90. The Balaban J connectivity index is 2.09. The fourth-order valence-corrected chi connectivity index (χ4v) is 2.46. The van der Waals surface area contributed by atoms with Crippen molar-refractivity contribution in [2.75, 3.05) is 11.1 Å². The minimum atomic E-state index is -0.0744. The number of hydrogen-bond acceptors (Lipinski definition) is 5. The Labute approximate surface area is 127 Å². The van der Waals surface area contributed by atoms with Crippen LogP contribution in [0.1, 0.15) is 18.7 Å². The first-order valence-corrected chi connectivity index (χ1v) is 6.98. The third-order valence-electron chi connectivity index (χ3n) is 3.69. The van der Waals surface area contributed by atoms with Gasteiger partial charge in [-0.05, 0) is 31.2 Å². The van der Waals surface area contributed by atoms with E-state index in [0.29, 0.717) is 5.69 Å². The fraction of sp³-hybridized carbons (Fsp3) is 0.188. The van der Waals surface area contributed by atoms with E-state index in [-0.39, 0.29) is 11.6 Å². The molecule has 6 nitrogen and oxygen atoms in total. The van der Waals surface area contributed by atoms with Crippen LogP contribution < -0.4 is 16.6 Å². The Morgan fingerprint density at radius 2 is 2.09 bits per heavy atom. The van der Waals surface area contributed by atoms with Crippen LogP contribution in [0.4, 0.5) is 11.4 Å². The first-order chi connectivity index (χ1) is 10.6. The van der Waals surface area contributed by atoms with Crippen molar-refractivity contribution in [1.29, 1.82) is 0 Å². The van der Waals surface area contributed by atoms with E-state index in [2.05, 4.69) is 15.3 Å². The molecule has 0 saturated carbocycles. The van der Waals surface area contributed by atoms with Crippen molar-refractivity contribution < 1.29 is 0 Å². The Morgan fingerprint density at radius 3 is 2.82 bits per heavy atom. The van der Waals surface area contributed by atoms with Crippen molar-refractivity contribution >= 4 is 22.3 Å². The third kappa shape index (κ3) is 2.50. The maximum Gasteiger partial charge on any atom is 0.252 e. The smallest absolute Gasteiger partial charge is 0.252 e. The van der Waals surface area contributed by atoms with Gasteiger partial charge in [0.15, 0.2) is 0 Å². The number of rotatable bonds is 3. The molecule has 0 amide bonds. The van der Waals surface area contributed by atoms with Crippen LogP contribution in [0.25, 0.3) is 10.9 Å². The molecule has 1 aromatic carbocycles. The van der Waals surface area contributed by atoms with Gasteiger partial charge in [0.05, 0.1) is 17.3 Å². The molecule has 0 aliphatic carbocycles. The Kier molecular flexibility index (Phi) is 3.50. The second-order valence-corrected chi connectivity index (χ2v) is 5.23. The van der Waals surface area contributed by atoms with Crippen molar-refractivity contribution in [1.82, 2.24) is 14.5 Å². The molecule has 2 aromatic heterocycles. The predicted molar refractivity (Wildman–Crippen MR) is 87.7 cm³/mol. The summed E-state index contributed by atoms with van der Waals surface area (Å²) in [4.78, 5) is 20.3. The number of pyridine rings is 1. The van der Waals surface area contributed by atoms with E-state index in [1.165, 1.54) is 6.33 Å². The molecule has 1 atom stereocenters. The SMILES string of the molecule is CC(Nc1cc(=O)n(C)c2ccc(N)cc12)c1ccncn1. The topological polar surface area (TPSA) is 85.8 Å². The number of aromatic nitrogens is 3. The molecule has 1 unspecified atom stereocenters. The van der Waals surface area contributed by atoms with Gasteiger partial charge in [0.25, 0.3) is 5.56 Å². The zero-order valence-corrected chi connectivity index (χ0v) is 12.4. The number of nitrogens with zero attached hydrogens (tertiary/aromatic N) is 3. The van der Waals surface area contributed by atoms with E-state index in [4.69, 9.17) is 5.73 Å². The third-order valence-corrected chi connectivity index (χ3v) is 3.69. The molecule has 0 aliphatic rings. The molecular formula is C16H17N5O. The average Bonchev–Trinajstić information content (AvgIpc) is 2.53. The van der Waals surface area contributed by atoms with Gasteiger partial charge < -0.3 is 15.6 Å². The van der Waals surface area contributed by atoms with Crippen molar-refractivity contribution in [3.8, 4) is 0 Å². The maximum absolute atomic E-state index is 12.1. The van der Waals surface area contributed by atoms with E-state index in [9.17, 15) is 4.79 Å². The summed E-state index contributed by atoms with van der Waals surface area (Å²) in [5.74, 6) is 0. The highest BCUT2D eigenvalue weighted by Crippen LogP contribution is 2.26. The molecule has 3 N–H and O–H groups in total. The number of benzene rings is 1. The lowest BCUT2D eigenvalue weighted by Crippen LogP contribution is -2.18. The molecule has 6 heteroatoms. The normalized spacial score (nSPS) is 12.3. The van der Waals surface area contributed by atoms with Crippen LogP contribution in [0.2, 0.25) is 0 Å². The van der Waals surface area contributed by atoms with Crippen LogP contribution in [0.5, 0.6) is 0 Å². The van der Waals surface area contributed by atoms with Gasteiger partial charge >= 0.3 is 0 Å². The van der Waals surface area contributed by atoms with E-state index in [0.717, 1.165) is 22.3 Å². The van der Waals surface area contributed by atoms with Crippen LogP contribution in [0, 0.1) is 0 Å². The van der Waals surface area contributed by atoms with Gasteiger partial charge in [-0.2, -0.15) is 0 Å². The van der Waals surface area contributed by atoms with Crippen molar-refractivity contribution in [2.24, 2.45) is 7.05 Å². The molecule has 112 valence electrons. The van der Waals surface area contributed by atoms with E-state index >= 15 is 0 Å². The lowest BCUT2D eigenvalue weighted by molar-refractivity contribution is 0.827. The minimum Gasteiger partial charge on any atom is -0.399 e. The van der Waals surface area contributed by atoms with Gasteiger partial charge in [0.1, 0.15) is 6.33 Å². The Morgan fingerprint density at radius 1 is 1.27 bits per heavy atom. The summed E-state index contributed by atoms with van der Waals surface area (Å²) in [6, 6.07) is 8.88. The Bertz CT molecular complexity index is 873. The molecule has 0 spiro atoms. The zero-order chi connectivity index (χ0) is 15.7. The van der Waals surface area contributed by atoms with Gasteiger partial charge in [-0.15, -0.1) is 0 Å². The summed E-state index contributed by atoms with van der Waals surface area (Å²) in [5, 5.41) is 4.24. The van der Waals surface area contributed by atoms with E-state index < -0.39 is 0 Å². The number of hydrogen-bond donors (Lipinski definition) is 2. The lowest BCUT2D eigenvalue weighted by Gasteiger charge is -2.17. The summed E-state index contributed by atoms with van der Waals surface area (Å²) >= 11 is 0. The van der Waals surface area contributed by atoms with E-state index in [1.54, 1.807) is 29.9 Å². The summed E-state index contributed by atoms with van der Waals surface area (Å²) in [6.45, 7) is 1.98. The van der Waals surface area contributed by atoms with Crippen molar-refractivity contribution in [3.63, 3.8) is 0 Å². The van der Waals surface area contributed by atoms with Gasteiger partial charge in [0, 0.05) is 36.1 Å². The molecule has 22 heavy (non-hydrogen) atoms. The summed E-state index contributed by atoms with van der Waals surface area (Å²) in [7, 11) is 1.75. The first-order valence-electron chi connectivity index (χ1n) is 6.98. The van der Waals surface area contributed by atoms with E-state index in [1.807, 2.05) is 25.1 Å². The minimum absolute atomic E-state index is 0.0558. The highest BCUT2D eigenvalue weighted by atomic mass is 16.1. The number of nitrogens with one attached hydrogen (secondary N) is 1. The molecule has 0 saturated heterocycles. The Hall–Kier alpha value is -2.89. The average molecular weight is 295 g/mol. The second kappa shape index (κ2) is 5.48. The lowest BCUT2D eigenvalue weighted by atomic mass is 10.1. The van der Waals surface area contributed by atoms with Crippen LogP contribution >= 0.6 is 0 Å². The van der Waals surface area contributed by atoms with Crippen LogP contribution in [0.15, 0.2) is 47.7 Å². The standard InChI is InChI=1S/C16H17N5O/c1-10(13-5-6-18-9-19-13)20-14-8-16(22)21(2)15-4-3-11(17)7-12(14)15/h3-10,20H,17H2,1-2H3. The monoisotopic (exact) mass is 295 g/mol. The summed E-state index contributed by atoms with van der Waals surface area (Å²) in [6.07, 6.45) is 3.20. The van der Waals surface area contributed by atoms with Crippen LogP contribution in [0.3, 0.4) is 0 Å². The predicted octanol–water partition coefficient (Wildman–Crippen LogP) is 2.08. The first kappa shape index (κ1) is 14.1. The molecule has 3 rings (SSSR count). The largest absolute Gasteiger partial charge is 0.399 e. The summed E-state index contributed by atoms with van der Waals surface area (Å²) < 4.78 is 1.61. The number of aryl methyl sites for hydroxylation is 1. The number of anilines is 2. The molecule has 2 heterocycles. The highest BCUT2D eigenvalue weighted by molar-refractivity contribution is 5.93. The molecule has 0 aliphatic heterocycles. The maximum atomic E-state index is 12.1. The van der Waals surface area contributed by atoms with Crippen molar-refractivity contribution in [2.45, 2.75) is 13.0 Å². The molecule has 0 radical (unpaired) electrons. The number of nitrogens with two attached hydrogens (primary N) is 1. The number of nitrogen functional groups attached to an aromatic ring is 1. The molecule has 0 bridgehead atoms. The second-order valence-electron chi connectivity index (χ2n) is 5.23. The highest BCUT2D eigenvalue weighted by Gasteiger charge is 2.11.